The van der Waals surface area contributed by atoms with Crippen molar-refractivity contribution in [1.82, 2.24) is 24.5 Å². The molecule has 0 saturated heterocycles. The Kier molecular flexibility index (Phi) is 5.91. The zero-order valence-corrected chi connectivity index (χ0v) is 19.7. The molecule has 8 nitrogen and oxygen atoms in total. The van der Waals surface area contributed by atoms with Gasteiger partial charge in [-0.05, 0) is 40.2 Å². The molecular formula is C20H27N5O3S2. The van der Waals surface area contributed by atoms with E-state index < -0.39 is 0 Å². The number of fused-ring (bicyclic) bond motifs is 5. The van der Waals surface area contributed by atoms with Crippen LogP contribution in [0.3, 0.4) is 0 Å². The number of hydrogen-bond donors (Lipinski definition) is 0. The highest BCUT2D eigenvalue weighted by molar-refractivity contribution is 7.99. The van der Waals surface area contributed by atoms with Crippen molar-refractivity contribution < 1.29 is 14.3 Å². The van der Waals surface area contributed by atoms with Crippen molar-refractivity contribution in [1.29, 1.82) is 0 Å². The molecule has 4 heterocycles. The number of nitrogens with zero attached hydrogens (tertiary/aromatic N) is 5. The fraction of sp³-hybridized carbons (Fsp3) is 0.600. The number of ether oxygens (including phenoxy) is 2. The Balaban J connectivity index is 1.79. The van der Waals surface area contributed by atoms with Crippen LogP contribution >= 0.6 is 23.1 Å². The molecule has 30 heavy (non-hydrogen) atoms. The standard InChI is InChI=1S/C20H27N5O3S2/c1-6-24(7-2)14(26)11-29-19-23-22-16-15-12-9-20(4,5)28-10-13(12)30-17(15)21-18(25(16)19)27-8-3/h6-11H2,1-5H3. The molecule has 1 amide bonds. The molecule has 10 heteroatoms. The van der Waals surface area contributed by atoms with Crippen LogP contribution in [0.15, 0.2) is 5.16 Å². The second-order valence-electron chi connectivity index (χ2n) is 7.73. The lowest BCUT2D eigenvalue weighted by Gasteiger charge is -2.30. The first kappa shape index (κ1) is 21.3. The molecule has 0 unspecified atom stereocenters. The number of aromatic nitrogens is 4. The van der Waals surface area contributed by atoms with Gasteiger partial charge in [0.25, 0.3) is 0 Å². The van der Waals surface area contributed by atoms with E-state index in [9.17, 15) is 4.79 Å². The van der Waals surface area contributed by atoms with E-state index in [1.807, 2.05) is 30.1 Å². The monoisotopic (exact) mass is 449 g/mol. The molecule has 0 spiro atoms. The summed E-state index contributed by atoms with van der Waals surface area (Å²) in [6, 6.07) is 0.460. The predicted molar refractivity (Wildman–Crippen MR) is 119 cm³/mol. The summed E-state index contributed by atoms with van der Waals surface area (Å²) in [7, 11) is 0. The first-order valence-electron chi connectivity index (χ1n) is 10.2. The fourth-order valence-electron chi connectivity index (χ4n) is 3.70. The molecule has 0 atom stereocenters. The van der Waals surface area contributed by atoms with Gasteiger partial charge in [0.05, 0.1) is 30.0 Å². The Morgan fingerprint density at radius 1 is 1.30 bits per heavy atom. The number of thioether (sulfide) groups is 1. The molecule has 0 aromatic carbocycles. The SMILES string of the molecule is CCOc1nc2sc3c(c2c2nnc(SCC(=O)N(CC)CC)n12)CC(C)(C)OC3. The molecule has 4 rings (SSSR count). The van der Waals surface area contributed by atoms with Crippen LogP contribution in [0.25, 0.3) is 15.9 Å². The van der Waals surface area contributed by atoms with Crippen molar-refractivity contribution in [3.63, 3.8) is 0 Å². The van der Waals surface area contributed by atoms with Crippen LogP contribution < -0.4 is 4.74 Å². The van der Waals surface area contributed by atoms with Crippen molar-refractivity contribution >= 4 is 44.9 Å². The molecule has 0 saturated carbocycles. The third kappa shape index (κ3) is 3.76. The fourth-order valence-corrected chi connectivity index (χ4v) is 5.62. The third-order valence-corrected chi connectivity index (χ3v) is 7.24. The van der Waals surface area contributed by atoms with E-state index in [0.29, 0.717) is 43.2 Å². The van der Waals surface area contributed by atoms with Crippen molar-refractivity contribution in [3.05, 3.63) is 10.4 Å². The number of carbonyl (C=O) groups is 1. The van der Waals surface area contributed by atoms with Crippen LogP contribution in [0.2, 0.25) is 0 Å². The van der Waals surface area contributed by atoms with Gasteiger partial charge < -0.3 is 14.4 Å². The molecule has 1 aliphatic rings. The Morgan fingerprint density at radius 2 is 2.07 bits per heavy atom. The maximum Gasteiger partial charge on any atom is 0.305 e. The first-order valence-corrected chi connectivity index (χ1v) is 12.0. The summed E-state index contributed by atoms with van der Waals surface area (Å²) in [6.45, 7) is 12.5. The van der Waals surface area contributed by atoms with Crippen molar-refractivity contribution in [3.8, 4) is 6.01 Å². The summed E-state index contributed by atoms with van der Waals surface area (Å²) in [6.07, 6.45) is 0.795. The predicted octanol–water partition coefficient (Wildman–Crippen LogP) is 3.55. The van der Waals surface area contributed by atoms with Crippen LogP contribution in [-0.4, -0.2) is 61.4 Å². The van der Waals surface area contributed by atoms with E-state index in [1.54, 1.807) is 11.3 Å². The van der Waals surface area contributed by atoms with Gasteiger partial charge in [0.15, 0.2) is 10.8 Å². The zero-order valence-electron chi connectivity index (χ0n) is 18.0. The molecule has 0 fully saturated rings. The minimum atomic E-state index is -0.232. The van der Waals surface area contributed by atoms with Crippen LogP contribution in [-0.2, 0) is 22.6 Å². The van der Waals surface area contributed by atoms with Gasteiger partial charge in [0, 0.05) is 24.4 Å². The Morgan fingerprint density at radius 3 is 2.77 bits per heavy atom. The van der Waals surface area contributed by atoms with E-state index in [0.717, 1.165) is 22.3 Å². The second kappa shape index (κ2) is 8.32. The van der Waals surface area contributed by atoms with Gasteiger partial charge in [-0.1, -0.05) is 11.8 Å². The second-order valence-corrected chi connectivity index (χ2v) is 9.76. The van der Waals surface area contributed by atoms with Gasteiger partial charge in [-0.15, -0.1) is 21.5 Å². The normalized spacial score (nSPS) is 15.5. The summed E-state index contributed by atoms with van der Waals surface area (Å²) in [5, 5.41) is 10.5. The van der Waals surface area contributed by atoms with Gasteiger partial charge in [0.2, 0.25) is 5.91 Å². The number of hydrogen-bond acceptors (Lipinski definition) is 8. The number of rotatable bonds is 7. The zero-order chi connectivity index (χ0) is 21.5. The number of thiophene rings is 1. The largest absolute Gasteiger partial charge is 0.465 e. The lowest BCUT2D eigenvalue weighted by Crippen LogP contribution is -2.31. The number of carbonyl (C=O) groups excluding carboxylic acids is 1. The van der Waals surface area contributed by atoms with Gasteiger partial charge in [-0.2, -0.15) is 4.98 Å². The van der Waals surface area contributed by atoms with Gasteiger partial charge >= 0.3 is 6.01 Å². The Hall–Kier alpha value is -1.91. The lowest BCUT2D eigenvalue weighted by molar-refractivity contribution is -0.127. The first-order chi connectivity index (χ1) is 14.4. The Bertz CT molecular complexity index is 1090. The third-order valence-electron chi connectivity index (χ3n) is 5.23. The molecule has 162 valence electrons. The van der Waals surface area contributed by atoms with E-state index in [-0.39, 0.29) is 11.5 Å². The molecule has 3 aromatic rings. The minimum Gasteiger partial charge on any atom is -0.465 e. The highest BCUT2D eigenvalue weighted by Crippen LogP contribution is 2.41. The molecule has 3 aromatic heterocycles. The lowest BCUT2D eigenvalue weighted by atomic mass is 9.94. The summed E-state index contributed by atoms with van der Waals surface area (Å²) in [5.41, 5.74) is 1.73. The van der Waals surface area contributed by atoms with Gasteiger partial charge in [-0.3, -0.25) is 4.79 Å². The maximum absolute atomic E-state index is 12.5. The van der Waals surface area contributed by atoms with Crippen molar-refractivity contribution in [2.24, 2.45) is 0 Å². The van der Waals surface area contributed by atoms with E-state index in [2.05, 4.69) is 24.0 Å². The van der Waals surface area contributed by atoms with E-state index in [4.69, 9.17) is 14.5 Å². The average molecular weight is 450 g/mol. The maximum atomic E-state index is 12.5. The highest BCUT2D eigenvalue weighted by Gasteiger charge is 2.32. The summed E-state index contributed by atoms with van der Waals surface area (Å²) in [4.78, 5) is 21.1. The number of amides is 1. The van der Waals surface area contributed by atoms with Crippen molar-refractivity contribution in [2.45, 2.75) is 58.4 Å². The van der Waals surface area contributed by atoms with Crippen LogP contribution in [0.5, 0.6) is 6.01 Å². The molecular weight excluding hydrogens is 422 g/mol. The molecule has 1 aliphatic heterocycles. The summed E-state index contributed by atoms with van der Waals surface area (Å²) in [5.74, 6) is 0.384. The van der Waals surface area contributed by atoms with E-state index >= 15 is 0 Å². The molecule has 0 N–H and O–H groups in total. The van der Waals surface area contributed by atoms with Crippen LogP contribution in [0.4, 0.5) is 0 Å². The van der Waals surface area contributed by atoms with Crippen LogP contribution in [0.1, 0.15) is 45.1 Å². The quantitative estimate of drug-likeness (QED) is 0.510. The highest BCUT2D eigenvalue weighted by atomic mass is 32.2. The molecule has 0 aliphatic carbocycles. The smallest absolute Gasteiger partial charge is 0.305 e. The molecule has 0 radical (unpaired) electrons. The molecule has 0 bridgehead atoms. The van der Waals surface area contributed by atoms with Gasteiger partial charge in [0.1, 0.15) is 4.83 Å². The topological polar surface area (TPSA) is 81.8 Å². The minimum absolute atomic E-state index is 0.0839. The Labute approximate surface area is 184 Å². The van der Waals surface area contributed by atoms with Gasteiger partial charge in [-0.25, -0.2) is 4.40 Å². The van der Waals surface area contributed by atoms with E-state index in [1.165, 1.54) is 22.2 Å². The van der Waals surface area contributed by atoms with Crippen LogP contribution in [0, 0.1) is 0 Å². The average Bonchev–Trinajstić information content (AvgIpc) is 3.27. The summed E-state index contributed by atoms with van der Waals surface area (Å²) < 4.78 is 13.7. The summed E-state index contributed by atoms with van der Waals surface area (Å²) >= 11 is 3.00. The van der Waals surface area contributed by atoms with Crippen molar-refractivity contribution in [2.75, 3.05) is 25.4 Å².